The molecule has 98 valence electrons. The molecule has 4 heteroatoms. The largest absolute Gasteiger partial charge is 0.391 e. The quantitative estimate of drug-likeness (QED) is 0.893. The van der Waals surface area contributed by atoms with E-state index >= 15 is 0 Å². The fourth-order valence-corrected chi connectivity index (χ4v) is 2.41. The Labute approximate surface area is 112 Å². The Balaban J connectivity index is 1.88. The summed E-state index contributed by atoms with van der Waals surface area (Å²) in [5.41, 5.74) is 1.02. The van der Waals surface area contributed by atoms with Gasteiger partial charge in [-0.15, -0.1) is 0 Å². The molecule has 19 heavy (non-hydrogen) atoms. The van der Waals surface area contributed by atoms with Crippen molar-refractivity contribution in [2.75, 3.05) is 18.0 Å². The maximum atomic E-state index is 9.74. The van der Waals surface area contributed by atoms with Gasteiger partial charge in [-0.2, -0.15) is 0 Å². The van der Waals surface area contributed by atoms with Crippen LogP contribution in [0.15, 0.2) is 42.6 Å². The third-order valence-electron chi connectivity index (χ3n) is 3.39. The summed E-state index contributed by atoms with van der Waals surface area (Å²) in [6.45, 7) is 1.60. The zero-order chi connectivity index (χ0) is 13.1. The summed E-state index contributed by atoms with van der Waals surface area (Å²) in [4.78, 5) is 11.1. The highest BCUT2D eigenvalue weighted by atomic mass is 16.3. The SMILES string of the molecule is O[C@@H]1CCCN(c2ccnc(-c3ccccc3)n2)C1. The molecule has 2 heterocycles. The molecule has 1 aliphatic rings. The van der Waals surface area contributed by atoms with Crippen LogP contribution in [-0.4, -0.2) is 34.3 Å². The highest BCUT2D eigenvalue weighted by Gasteiger charge is 2.19. The molecule has 1 aromatic heterocycles. The Hall–Kier alpha value is -1.94. The van der Waals surface area contributed by atoms with Crippen molar-refractivity contribution >= 4 is 5.82 Å². The lowest BCUT2D eigenvalue weighted by Gasteiger charge is -2.31. The lowest BCUT2D eigenvalue weighted by Crippen LogP contribution is -2.38. The summed E-state index contributed by atoms with van der Waals surface area (Å²) in [5.74, 6) is 1.63. The van der Waals surface area contributed by atoms with Gasteiger partial charge in [-0.1, -0.05) is 30.3 Å². The van der Waals surface area contributed by atoms with E-state index in [4.69, 9.17) is 0 Å². The van der Waals surface area contributed by atoms with Gasteiger partial charge in [0, 0.05) is 24.8 Å². The molecule has 1 atom stereocenters. The minimum Gasteiger partial charge on any atom is -0.391 e. The second kappa shape index (κ2) is 5.36. The van der Waals surface area contributed by atoms with Gasteiger partial charge in [-0.05, 0) is 18.9 Å². The number of nitrogens with zero attached hydrogens (tertiary/aromatic N) is 3. The molecular formula is C15H17N3O. The first-order valence-electron chi connectivity index (χ1n) is 6.64. The zero-order valence-electron chi connectivity index (χ0n) is 10.7. The number of hydrogen-bond donors (Lipinski definition) is 1. The van der Waals surface area contributed by atoms with Crippen molar-refractivity contribution in [1.82, 2.24) is 9.97 Å². The molecule has 2 aromatic rings. The molecule has 0 aliphatic carbocycles. The molecule has 0 amide bonds. The van der Waals surface area contributed by atoms with Gasteiger partial charge in [0.05, 0.1) is 6.10 Å². The van der Waals surface area contributed by atoms with E-state index in [2.05, 4.69) is 14.9 Å². The van der Waals surface area contributed by atoms with Crippen molar-refractivity contribution in [1.29, 1.82) is 0 Å². The average Bonchev–Trinajstić information content (AvgIpc) is 2.48. The summed E-state index contributed by atoms with van der Waals surface area (Å²) in [6.07, 6.45) is 3.42. The van der Waals surface area contributed by atoms with Gasteiger partial charge in [0.25, 0.3) is 0 Å². The zero-order valence-corrected chi connectivity index (χ0v) is 10.7. The van der Waals surface area contributed by atoms with E-state index in [-0.39, 0.29) is 6.10 Å². The molecule has 1 aromatic carbocycles. The monoisotopic (exact) mass is 255 g/mol. The number of β-amino-alcohol motifs (C(OH)–C–C–N with tert-alkyl or cyclic N) is 1. The van der Waals surface area contributed by atoms with Crippen molar-refractivity contribution in [3.8, 4) is 11.4 Å². The van der Waals surface area contributed by atoms with Crippen LogP contribution in [0.2, 0.25) is 0 Å². The molecule has 1 saturated heterocycles. The predicted molar refractivity (Wildman–Crippen MR) is 74.9 cm³/mol. The molecule has 0 unspecified atom stereocenters. The van der Waals surface area contributed by atoms with Gasteiger partial charge in [0.2, 0.25) is 0 Å². The standard InChI is InChI=1S/C15H17N3O/c19-13-7-4-10-18(11-13)14-8-9-16-15(17-14)12-5-2-1-3-6-12/h1-3,5-6,8-9,13,19H,4,7,10-11H2/t13-/m1/s1. The van der Waals surface area contributed by atoms with E-state index in [1.54, 1.807) is 6.20 Å². The van der Waals surface area contributed by atoms with Crippen molar-refractivity contribution in [2.24, 2.45) is 0 Å². The van der Waals surface area contributed by atoms with Gasteiger partial charge in [-0.3, -0.25) is 0 Å². The summed E-state index contributed by atoms with van der Waals surface area (Å²) in [7, 11) is 0. The number of anilines is 1. The topological polar surface area (TPSA) is 49.2 Å². The van der Waals surface area contributed by atoms with Crippen LogP contribution in [0.1, 0.15) is 12.8 Å². The van der Waals surface area contributed by atoms with Crippen LogP contribution in [0, 0.1) is 0 Å². The number of piperidine rings is 1. The van der Waals surface area contributed by atoms with Crippen molar-refractivity contribution < 1.29 is 5.11 Å². The normalized spacial score (nSPS) is 19.4. The first-order valence-corrected chi connectivity index (χ1v) is 6.64. The second-order valence-corrected chi connectivity index (χ2v) is 4.85. The molecule has 0 radical (unpaired) electrons. The highest BCUT2D eigenvalue weighted by Crippen LogP contribution is 2.21. The Bertz CT molecular complexity index is 544. The molecule has 0 saturated carbocycles. The van der Waals surface area contributed by atoms with Crippen LogP contribution < -0.4 is 4.90 Å². The molecule has 1 fully saturated rings. The van der Waals surface area contributed by atoms with Gasteiger partial charge in [-0.25, -0.2) is 9.97 Å². The van der Waals surface area contributed by atoms with Crippen molar-refractivity contribution in [3.63, 3.8) is 0 Å². The van der Waals surface area contributed by atoms with Gasteiger partial charge < -0.3 is 10.0 Å². The van der Waals surface area contributed by atoms with E-state index in [1.807, 2.05) is 36.4 Å². The van der Waals surface area contributed by atoms with Gasteiger partial charge >= 0.3 is 0 Å². The van der Waals surface area contributed by atoms with Crippen LogP contribution in [-0.2, 0) is 0 Å². The van der Waals surface area contributed by atoms with Crippen molar-refractivity contribution in [3.05, 3.63) is 42.6 Å². The fourth-order valence-electron chi connectivity index (χ4n) is 2.41. The van der Waals surface area contributed by atoms with E-state index < -0.39 is 0 Å². The third kappa shape index (κ3) is 2.74. The Kier molecular flexibility index (Phi) is 3.42. The molecule has 0 bridgehead atoms. The van der Waals surface area contributed by atoms with Crippen LogP contribution >= 0.6 is 0 Å². The van der Waals surface area contributed by atoms with Crippen LogP contribution in [0.5, 0.6) is 0 Å². The van der Waals surface area contributed by atoms with E-state index in [0.717, 1.165) is 36.6 Å². The van der Waals surface area contributed by atoms with E-state index in [9.17, 15) is 5.11 Å². The van der Waals surface area contributed by atoms with Gasteiger partial charge in [0.15, 0.2) is 5.82 Å². The number of aliphatic hydroxyl groups excluding tert-OH is 1. The maximum Gasteiger partial charge on any atom is 0.161 e. The maximum absolute atomic E-state index is 9.74. The fraction of sp³-hybridized carbons (Fsp3) is 0.333. The van der Waals surface area contributed by atoms with Crippen LogP contribution in [0.4, 0.5) is 5.82 Å². The summed E-state index contributed by atoms with van der Waals surface area (Å²) < 4.78 is 0. The first-order chi connectivity index (χ1) is 9.33. The summed E-state index contributed by atoms with van der Waals surface area (Å²) in [6, 6.07) is 11.9. The minimum absolute atomic E-state index is 0.246. The lowest BCUT2D eigenvalue weighted by molar-refractivity contribution is 0.154. The smallest absolute Gasteiger partial charge is 0.161 e. The summed E-state index contributed by atoms with van der Waals surface area (Å²) in [5, 5.41) is 9.74. The third-order valence-corrected chi connectivity index (χ3v) is 3.39. The first kappa shape index (κ1) is 12.1. The highest BCUT2D eigenvalue weighted by molar-refractivity contribution is 5.57. The van der Waals surface area contributed by atoms with Crippen LogP contribution in [0.25, 0.3) is 11.4 Å². The van der Waals surface area contributed by atoms with Crippen molar-refractivity contribution in [2.45, 2.75) is 18.9 Å². The molecule has 1 aliphatic heterocycles. The predicted octanol–water partition coefficient (Wildman–Crippen LogP) is 2.10. The molecule has 0 spiro atoms. The number of aliphatic hydroxyl groups is 1. The number of rotatable bonds is 2. The molecule has 4 nitrogen and oxygen atoms in total. The second-order valence-electron chi connectivity index (χ2n) is 4.85. The van der Waals surface area contributed by atoms with Gasteiger partial charge in [0.1, 0.15) is 5.82 Å². The van der Waals surface area contributed by atoms with Crippen LogP contribution in [0.3, 0.4) is 0 Å². The average molecular weight is 255 g/mol. The Morgan fingerprint density at radius 2 is 2.00 bits per heavy atom. The lowest BCUT2D eigenvalue weighted by atomic mass is 10.1. The minimum atomic E-state index is -0.246. The number of hydrogen-bond acceptors (Lipinski definition) is 4. The molecule has 1 N–H and O–H groups in total. The van der Waals surface area contributed by atoms with E-state index in [0.29, 0.717) is 6.54 Å². The Morgan fingerprint density at radius 1 is 1.16 bits per heavy atom. The van der Waals surface area contributed by atoms with E-state index in [1.165, 1.54) is 0 Å². The number of aromatic nitrogens is 2. The molecular weight excluding hydrogens is 238 g/mol. The number of benzene rings is 1. The Morgan fingerprint density at radius 3 is 2.79 bits per heavy atom. The molecule has 3 rings (SSSR count). The summed E-state index contributed by atoms with van der Waals surface area (Å²) >= 11 is 0.